The van der Waals surface area contributed by atoms with Crippen LogP contribution in [0.4, 0.5) is 15.8 Å². The van der Waals surface area contributed by atoms with Crippen LogP contribution in [0.15, 0.2) is 42.5 Å². The first-order valence-electron chi connectivity index (χ1n) is 7.37. The van der Waals surface area contributed by atoms with E-state index in [4.69, 9.17) is 4.74 Å². The summed E-state index contributed by atoms with van der Waals surface area (Å²) in [6, 6.07) is 9.67. The molecule has 0 bridgehead atoms. The summed E-state index contributed by atoms with van der Waals surface area (Å²) in [6.45, 7) is 2.29. The summed E-state index contributed by atoms with van der Waals surface area (Å²) in [5.74, 6) is -1.47. The number of rotatable bonds is 6. The Labute approximate surface area is 143 Å². The van der Waals surface area contributed by atoms with Gasteiger partial charge in [-0.25, -0.2) is 4.39 Å². The van der Waals surface area contributed by atoms with Crippen molar-refractivity contribution >= 4 is 17.3 Å². The Morgan fingerprint density at radius 1 is 1.36 bits per heavy atom. The Morgan fingerprint density at radius 3 is 2.64 bits per heavy atom. The van der Waals surface area contributed by atoms with Crippen LogP contribution in [0.2, 0.25) is 0 Å². The Morgan fingerprint density at radius 2 is 2.04 bits per heavy atom. The molecule has 0 aliphatic heterocycles. The van der Waals surface area contributed by atoms with Crippen LogP contribution in [0, 0.1) is 22.9 Å². The lowest BCUT2D eigenvalue weighted by atomic mass is 10.1. The number of hydrogen-bond acceptors (Lipinski definition) is 5. The maximum atomic E-state index is 13.5. The van der Waals surface area contributed by atoms with Crippen molar-refractivity contribution in [3.8, 4) is 5.75 Å². The molecule has 8 heteroatoms. The maximum absolute atomic E-state index is 13.5. The van der Waals surface area contributed by atoms with Gasteiger partial charge in [-0.2, -0.15) is 0 Å². The number of para-hydroxylation sites is 1. The average molecular weight is 348 g/mol. The van der Waals surface area contributed by atoms with E-state index < -0.39 is 28.9 Å². The number of ether oxygens (including phenoxy) is 1. The molecule has 2 N–H and O–H groups in total. The molecular formula is C17H17FN2O5. The molecule has 7 nitrogen and oxygen atoms in total. The average Bonchev–Trinajstić information content (AvgIpc) is 2.53. The summed E-state index contributed by atoms with van der Waals surface area (Å²) in [7, 11) is 0. The number of nitro benzene ring substituents is 1. The van der Waals surface area contributed by atoms with Gasteiger partial charge in [0.2, 0.25) is 0 Å². The summed E-state index contributed by atoms with van der Waals surface area (Å²) in [5.41, 5.74) is -1.35. The van der Waals surface area contributed by atoms with Crippen LogP contribution in [-0.4, -0.2) is 28.1 Å². The number of halogens is 1. The van der Waals surface area contributed by atoms with Gasteiger partial charge in [0.25, 0.3) is 11.6 Å². The van der Waals surface area contributed by atoms with Crippen LogP contribution in [0.5, 0.6) is 5.75 Å². The molecule has 0 saturated carbocycles. The van der Waals surface area contributed by atoms with Gasteiger partial charge in [-0.1, -0.05) is 12.1 Å². The predicted octanol–water partition coefficient (Wildman–Crippen LogP) is 2.81. The number of aryl methyl sites for hydroxylation is 1. The highest BCUT2D eigenvalue weighted by Crippen LogP contribution is 2.23. The maximum Gasteiger partial charge on any atom is 0.272 e. The lowest BCUT2D eigenvalue weighted by Crippen LogP contribution is -2.45. The van der Waals surface area contributed by atoms with Crippen molar-refractivity contribution in [2.24, 2.45) is 0 Å². The molecule has 1 atom stereocenters. The topological polar surface area (TPSA) is 102 Å². The van der Waals surface area contributed by atoms with E-state index in [1.807, 2.05) is 0 Å². The second-order valence-corrected chi connectivity index (χ2v) is 5.71. The Bertz CT molecular complexity index is 807. The third kappa shape index (κ3) is 4.51. The smallest absolute Gasteiger partial charge is 0.272 e. The second kappa shape index (κ2) is 7.27. The van der Waals surface area contributed by atoms with Crippen molar-refractivity contribution in [3.05, 3.63) is 64.0 Å². The van der Waals surface area contributed by atoms with Crippen molar-refractivity contribution in [2.45, 2.75) is 19.4 Å². The number of hydrogen-bond donors (Lipinski definition) is 2. The molecule has 0 aliphatic rings. The van der Waals surface area contributed by atoms with Gasteiger partial charge in [0.15, 0.2) is 17.2 Å². The van der Waals surface area contributed by atoms with Crippen LogP contribution in [0.25, 0.3) is 0 Å². The normalized spacial score (nSPS) is 13.0. The summed E-state index contributed by atoms with van der Waals surface area (Å²) in [4.78, 5) is 22.5. The van der Waals surface area contributed by atoms with Crippen molar-refractivity contribution < 1.29 is 24.0 Å². The fraction of sp³-hybridized carbons (Fsp3) is 0.235. The number of benzene rings is 2. The first-order valence-corrected chi connectivity index (χ1v) is 7.37. The minimum Gasteiger partial charge on any atom is -0.487 e. The molecule has 2 aromatic carbocycles. The van der Waals surface area contributed by atoms with Crippen LogP contribution >= 0.6 is 0 Å². The Balaban J connectivity index is 2.04. The number of nitrogens with one attached hydrogen (secondary N) is 1. The summed E-state index contributed by atoms with van der Waals surface area (Å²) < 4.78 is 18.7. The minimum atomic E-state index is -1.93. The van der Waals surface area contributed by atoms with Gasteiger partial charge < -0.3 is 15.2 Å². The zero-order valence-corrected chi connectivity index (χ0v) is 13.7. The molecule has 0 radical (unpaired) electrons. The molecule has 0 fully saturated rings. The number of carbonyl (C=O) groups excluding carboxylic acids is 1. The van der Waals surface area contributed by atoms with E-state index in [-0.39, 0.29) is 11.4 Å². The van der Waals surface area contributed by atoms with Gasteiger partial charge in [-0.3, -0.25) is 14.9 Å². The van der Waals surface area contributed by atoms with Crippen LogP contribution in [0.1, 0.15) is 12.5 Å². The zero-order chi connectivity index (χ0) is 18.6. The first-order chi connectivity index (χ1) is 11.7. The van der Waals surface area contributed by atoms with E-state index in [1.54, 1.807) is 6.07 Å². The lowest BCUT2D eigenvalue weighted by Gasteiger charge is -2.22. The molecular weight excluding hydrogens is 331 g/mol. The van der Waals surface area contributed by atoms with E-state index in [2.05, 4.69) is 5.32 Å². The highest BCUT2D eigenvalue weighted by atomic mass is 19.1. The van der Waals surface area contributed by atoms with Crippen LogP contribution in [0.3, 0.4) is 0 Å². The quantitative estimate of drug-likeness (QED) is 0.617. The van der Waals surface area contributed by atoms with Crippen molar-refractivity contribution in [2.75, 3.05) is 11.9 Å². The molecule has 0 aliphatic carbocycles. The number of anilines is 1. The second-order valence-electron chi connectivity index (χ2n) is 5.71. The largest absolute Gasteiger partial charge is 0.487 e. The SMILES string of the molecule is Cc1cc(NC(=O)[C@@](C)(O)COc2ccccc2F)ccc1[N+](=O)[O-]. The molecule has 132 valence electrons. The van der Waals surface area contributed by atoms with Gasteiger partial charge >= 0.3 is 0 Å². The molecule has 0 saturated heterocycles. The van der Waals surface area contributed by atoms with E-state index in [0.717, 1.165) is 0 Å². The van der Waals surface area contributed by atoms with Gasteiger partial charge in [0.05, 0.1) is 4.92 Å². The lowest BCUT2D eigenvalue weighted by molar-refractivity contribution is -0.385. The van der Waals surface area contributed by atoms with Crippen LogP contribution < -0.4 is 10.1 Å². The molecule has 2 aromatic rings. The number of nitrogens with zero attached hydrogens (tertiary/aromatic N) is 1. The van der Waals surface area contributed by atoms with Gasteiger partial charge in [0, 0.05) is 17.3 Å². The van der Waals surface area contributed by atoms with Crippen molar-refractivity contribution in [3.63, 3.8) is 0 Å². The summed E-state index contributed by atoms with van der Waals surface area (Å²) in [5, 5.41) is 23.5. The fourth-order valence-corrected chi connectivity index (χ4v) is 2.05. The van der Waals surface area contributed by atoms with Crippen molar-refractivity contribution in [1.82, 2.24) is 0 Å². The monoisotopic (exact) mass is 348 g/mol. The highest BCUT2D eigenvalue weighted by molar-refractivity contribution is 5.97. The molecule has 0 unspecified atom stereocenters. The molecule has 0 heterocycles. The van der Waals surface area contributed by atoms with E-state index in [1.165, 1.54) is 50.2 Å². The zero-order valence-electron chi connectivity index (χ0n) is 13.7. The number of amides is 1. The van der Waals surface area contributed by atoms with Gasteiger partial charge in [0.1, 0.15) is 6.61 Å². The summed E-state index contributed by atoms with van der Waals surface area (Å²) in [6.07, 6.45) is 0. The van der Waals surface area contributed by atoms with Crippen LogP contribution in [-0.2, 0) is 4.79 Å². The van der Waals surface area contributed by atoms with Gasteiger partial charge in [-0.05, 0) is 38.1 Å². The standard InChI is InChI=1S/C17H17FN2O5/c1-11-9-12(7-8-14(11)20(23)24)19-16(21)17(2,22)10-25-15-6-4-3-5-13(15)18/h3-9,22H,10H2,1-2H3,(H,19,21)/t17-/m0/s1. The Hall–Kier alpha value is -3.00. The number of aliphatic hydroxyl groups is 1. The van der Waals surface area contributed by atoms with E-state index in [0.29, 0.717) is 11.3 Å². The third-order valence-electron chi connectivity index (χ3n) is 3.49. The third-order valence-corrected chi connectivity index (χ3v) is 3.49. The molecule has 25 heavy (non-hydrogen) atoms. The fourth-order valence-electron chi connectivity index (χ4n) is 2.05. The molecule has 2 rings (SSSR count). The Kier molecular flexibility index (Phi) is 5.33. The molecule has 0 spiro atoms. The first kappa shape index (κ1) is 18.3. The van der Waals surface area contributed by atoms with E-state index in [9.17, 15) is 24.4 Å². The van der Waals surface area contributed by atoms with Gasteiger partial charge in [-0.15, -0.1) is 0 Å². The van der Waals surface area contributed by atoms with E-state index >= 15 is 0 Å². The number of nitro groups is 1. The highest BCUT2D eigenvalue weighted by Gasteiger charge is 2.32. The summed E-state index contributed by atoms with van der Waals surface area (Å²) >= 11 is 0. The predicted molar refractivity (Wildman–Crippen MR) is 89.0 cm³/mol. The minimum absolute atomic E-state index is 0.0763. The number of carbonyl (C=O) groups is 1. The van der Waals surface area contributed by atoms with Crippen molar-refractivity contribution in [1.29, 1.82) is 0 Å². The molecule has 1 amide bonds. The molecule has 0 aromatic heterocycles.